The SMILES string of the molecule is C.CC(C)[C@@H]1C2CCC(CC2)N1C(C)C.CC(C)[C@@H]1[C@H]2CC[C@H](C2)N1C(C)C. The molecule has 3 aliphatic heterocycles. The lowest BCUT2D eigenvalue weighted by atomic mass is 9.70. The summed E-state index contributed by atoms with van der Waals surface area (Å²) in [6.07, 6.45) is 10.4. The Kier molecular flexibility index (Phi) is 8.48. The van der Waals surface area contributed by atoms with Crippen LogP contribution in [0.25, 0.3) is 0 Å². The van der Waals surface area contributed by atoms with Crippen LogP contribution >= 0.6 is 0 Å². The van der Waals surface area contributed by atoms with Crippen molar-refractivity contribution in [3.8, 4) is 0 Å². The van der Waals surface area contributed by atoms with Gasteiger partial charge >= 0.3 is 0 Å². The van der Waals surface area contributed by atoms with Crippen molar-refractivity contribution in [1.29, 1.82) is 0 Å². The van der Waals surface area contributed by atoms with Crippen molar-refractivity contribution in [2.75, 3.05) is 0 Å². The van der Waals surface area contributed by atoms with Crippen LogP contribution in [0.5, 0.6) is 0 Å². The molecule has 166 valence electrons. The molecule has 0 aromatic heterocycles. The lowest BCUT2D eigenvalue weighted by Crippen LogP contribution is -2.59. The second kappa shape index (κ2) is 9.82. The summed E-state index contributed by atoms with van der Waals surface area (Å²) in [5.74, 6) is 3.71. The van der Waals surface area contributed by atoms with Crippen molar-refractivity contribution >= 4 is 0 Å². The van der Waals surface area contributed by atoms with Crippen LogP contribution in [0.3, 0.4) is 0 Å². The van der Waals surface area contributed by atoms with Gasteiger partial charge in [-0.25, -0.2) is 0 Å². The number of rotatable bonds is 4. The molecule has 0 aromatic carbocycles. The normalized spacial score (nSPS) is 37.7. The van der Waals surface area contributed by atoms with Crippen LogP contribution in [0.4, 0.5) is 0 Å². The Hall–Kier alpha value is -0.0800. The van der Waals surface area contributed by atoms with Gasteiger partial charge in [0.1, 0.15) is 0 Å². The van der Waals surface area contributed by atoms with Gasteiger partial charge in [0.05, 0.1) is 0 Å². The summed E-state index contributed by atoms with van der Waals surface area (Å²) in [5, 5.41) is 0. The van der Waals surface area contributed by atoms with Gasteiger partial charge in [0.2, 0.25) is 0 Å². The fraction of sp³-hybridized carbons (Fsp3) is 1.00. The number of piperidine rings is 3. The van der Waals surface area contributed by atoms with E-state index in [-0.39, 0.29) is 7.43 Å². The minimum absolute atomic E-state index is 0. The Balaban J connectivity index is 0.000000194. The van der Waals surface area contributed by atoms with Crippen molar-refractivity contribution < 1.29 is 0 Å². The monoisotopic (exact) mass is 392 g/mol. The van der Waals surface area contributed by atoms with E-state index in [0.717, 1.165) is 59.9 Å². The summed E-state index contributed by atoms with van der Waals surface area (Å²) in [6.45, 7) is 19.0. The number of hydrogen-bond acceptors (Lipinski definition) is 2. The summed E-state index contributed by atoms with van der Waals surface area (Å²) in [4.78, 5) is 5.61. The van der Waals surface area contributed by atoms with Gasteiger partial charge in [-0.05, 0) is 96.3 Å². The number of likely N-dealkylation sites (tertiary alicyclic amines) is 1. The van der Waals surface area contributed by atoms with Crippen molar-refractivity contribution in [3.63, 3.8) is 0 Å². The third kappa shape index (κ3) is 4.64. The van der Waals surface area contributed by atoms with Crippen LogP contribution in [-0.2, 0) is 0 Å². The molecule has 2 heteroatoms. The van der Waals surface area contributed by atoms with Crippen molar-refractivity contribution in [2.24, 2.45) is 23.7 Å². The molecule has 28 heavy (non-hydrogen) atoms. The van der Waals surface area contributed by atoms with Gasteiger partial charge in [-0.3, -0.25) is 9.80 Å². The van der Waals surface area contributed by atoms with E-state index >= 15 is 0 Å². The molecule has 0 spiro atoms. The Bertz CT molecular complexity index is 419. The zero-order chi connectivity index (χ0) is 19.9. The van der Waals surface area contributed by atoms with Crippen LogP contribution < -0.4 is 0 Å². The predicted molar refractivity (Wildman–Crippen MR) is 125 cm³/mol. The largest absolute Gasteiger partial charge is 0.295 e. The smallest absolute Gasteiger partial charge is 0.0153 e. The van der Waals surface area contributed by atoms with E-state index in [2.05, 4.69) is 65.2 Å². The minimum Gasteiger partial charge on any atom is -0.295 e. The molecule has 0 N–H and O–H groups in total. The van der Waals surface area contributed by atoms with E-state index in [4.69, 9.17) is 0 Å². The molecule has 2 saturated carbocycles. The van der Waals surface area contributed by atoms with Crippen LogP contribution in [0.1, 0.15) is 108 Å². The highest BCUT2D eigenvalue weighted by Gasteiger charge is 2.47. The molecule has 5 rings (SSSR count). The van der Waals surface area contributed by atoms with Gasteiger partial charge in [0.25, 0.3) is 0 Å². The highest BCUT2D eigenvalue weighted by molar-refractivity contribution is 5.01. The maximum Gasteiger partial charge on any atom is 0.0153 e. The van der Waals surface area contributed by atoms with Crippen molar-refractivity contribution in [3.05, 3.63) is 0 Å². The van der Waals surface area contributed by atoms with E-state index in [1.807, 2.05) is 0 Å². The summed E-state index contributed by atoms with van der Waals surface area (Å²) in [5.41, 5.74) is 0. The lowest BCUT2D eigenvalue weighted by molar-refractivity contribution is -0.0536. The third-order valence-corrected chi connectivity index (χ3v) is 8.24. The molecule has 3 saturated heterocycles. The Labute approximate surface area is 177 Å². The summed E-state index contributed by atoms with van der Waals surface area (Å²) in [6, 6.07) is 5.10. The Morgan fingerprint density at radius 1 is 0.536 bits per heavy atom. The van der Waals surface area contributed by atoms with Gasteiger partial charge in [0.15, 0.2) is 0 Å². The van der Waals surface area contributed by atoms with E-state index in [9.17, 15) is 0 Å². The second-order valence-electron chi connectivity index (χ2n) is 11.3. The standard InChI is InChI=1S/C13H25N.C12H23N.CH4/c1-9(2)13-11-5-7-12(8-6-11)14(13)10(3)4;1-8(2)12-10-5-6-11(7-10)13(12)9(3)4;/h9-13H,5-8H2,1-4H3;8-12H,5-7H2,1-4H3;1H4/t11?,12?,13-;10-,11+,12+;/m10./s1. The molecule has 0 unspecified atom stereocenters. The van der Waals surface area contributed by atoms with Gasteiger partial charge in [-0.15, -0.1) is 0 Å². The van der Waals surface area contributed by atoms with Gasteiger partial charge in [-0.1, -0.05) is 35.1 Å². The van der Waals surface area contributed by atoms with Crippen LogP contribution in [0, 0.1) is 23.7 Å². The number of hydrogen-bond donors (Lipinski definition) is 0. The molecule has 0 aromatic rings. The van der Waals surface area contributed by atoms with E-state index < -0.39 is 0 Å². The summed E-state index contributed by atoms with van der Waals surface area (Å²) in [7, 11) is 0. The Morgan fingerprint density at radius 2 is 0.929 bits per heavy atom. The molecule has 2 nitrogen and oxygen atoms in total. The number of fused-ring (bicyclic) bond motifs is 5. The first kappa shape index (κ1) is 24.2. The van der Waals surface area contributed by atoms with Gasteiger partial charge in [0, 0.05) is 36.3 Å². The molecule has 0 radical (unpaired) electrons. The maximum atomic E-state index is 2.82. The highest BCUT2D eigenvalue weighted by Crippen LogP contribution is 2.46. The lowest BCUT2D eigenvalue weighted by Gasteiger charge is -2.55. The van der Waals surface area contributed by atoms with Crippen molar-refractivity contribution in [2.45, 2.75) is 144 Å². The highest BCUT2D eigenvalue weighted by atomic mass is 15.3. The van der Waals surface area contributed by atoms with Gasteiger partial charge in [-0.2, -0.15) is 0 Å². The molecular weight excluding hydrogens is 340 g/mol. The van der Waals surface area contributed by atoms with Gasteiger partial charge < -0.3 is 0 Å². The zero-order valence-corrected chi connectivity index (χ0v) is 19.6. The summed E-state index contributed by atoms with van der Waals surface area (Å²) < 4.78 is 0. The predicted octanol–water partition coefficient (Wildman–Crippen LogP) is 6.83. The first-order valence-electron chi connectivity index (χ1n) is 12.3. The molecule has 2 aliphatic carbocycles. The zero-order valence-electron chi connectivity index (χ0n) is 19.6. The van der Waals surface area contributed by atoms with E-state index in [1.54, 1.807) is 0 Å². The molecular formula is C26H52N2. The molecule has 3 heterocycles. The topological polar surface area (TPSA) is 6.48 Å². The number of nitrogens with zero attached hydrogens (tertiary/aromatic N) is 2. The first-order chi connectivity index (χ1) is 12.7. The van der Waals surface area contributed by atoms with Crippen molar-refractivity contribution in [1.82, 2.24) is 9.80 Å². The van der Waals surface area contributed by atoms with E-state index in [0.29, 0.717) is 0 Å². The van der Waals surface area contributed by atoms with Crippen LogP contribution in [-0.4, -0.2) is 46.1 Å². The average Bonchev–Trinajstić information content (AvgIpc) is 3.23. The average molecular weight is 393 g/mol. The molecule has 0 amide bonds. The van der Waals surface area contributed by atoms with E-state index in [1.165, 1.54) is 44.9 Å². The fourth-order valence-corrected chi connectivity index (χ4v) is 7.60. The quantitative estimate of drug-likeness (QED) is 0.517. The minimum atomic E-state index is 0. The molecule has 5 aliphatic rings. The fourth-order valence-electron chi connectivity index (χ4n) is 7.60. The molecule has 4 bridgehead atoms. The third-order valence-electron chi connectivity index (χ3n) is 8.24. The maximum absolute atomic E-state index is 2.82. The first-order valence-corrected chi connectivity index (χ1v) is 12.3. The van der Waals surface area contributed by atoms with Crippen LogP contribution in [0.2, 0.25) is 0 Å². The molecule has 4 atom stereocenters. The van der Waals surface area contributed by atoms with Crippen LogP contribution in [0.15, 0.2) is 0 Å². The Morgan fingerprint density at radius 3 is 1.32 bits per heavy atom. The summed E-state index contributed by atoms with van der Waals surface area (Å²) >= 11 is 0. The molecule has 5 fully saturated rings. The second-order valence-corrected chi connectivity index (χ2v) is 11.3.